The summed E-state index contributed by atoms with van der Waals surface area (Å²) in [4.78, 5) is 16.2. The normalized spacial score (nSPS) is 24.5. The van der Waals surface area contributed by atoms with Crippen LogP contribution in [0.15, 0.2) is 24.5 Å². The third-order valence-electron chi connectivity index (χ3n) is 3.90. The highest BCUT2D eigenvalue weighted by Crippen LogP contribution is 2.38. The molecule has 1 aromatic rings. The molecule has 1 aromatic heterocycles. The average Bonchev–Trinajstić information content (AvgIpc) is 2.63. The van der Waals surface area contributed by atoms with Crippen LogP contribution in [0.4, 0.5) is 0 Å². The molecule has 1 saturated heterocycles. The van der Waals surface area contributed by atoms with Crippen LogP contribution in [-0.2, 0) is 14.3 Å². The van der Waals surface area contributed by atoms with Crippen molar-refractivity contribution in [1.82, 2.24) is 10.3 Å². The number of carbonyl (C=O) groups is 1. The molecule has 0 aliphatic carbocycles. The quantitative estimate of drug-likeness (QED) is 0.862. The predicted molar refractivity (Wildman–Crippen MR) is 79.8 cm³/mol. The third-order valence-corrected chi connectivity index (χ3v) is 3.90. The molecule has 0 amide bonds. The lowest BCUT2D eigenvalue weighted by Crippen LogP contribution is -2.47. The highest BCUT2D eigenvalue weighted by Gasteiger charge is 2.47. The summed E-state index contributed by atoms with van der Waals surface area (Å²) in [5.41, 5.74) is 0.235. The van der Waals surface area contributed by atoms with Crippen molar-refractivity contribution in [3.63, 3.8) is 0 Å². The number of hydrogen-bond acceptors (Lipinski definition) is 5. The molecule has 0 saturated carbocycles. The van der Waals surface area contributed by atoms with Gasteiger partial charge in [-0.25, -0.2) is 4.79 Å². The summed E-state index contributed by atoms with van der Waals surface area (Å²) in [6.07, 6.45) is 4.19. The molecule has 5 nitrogen and oxygen atoms in total. The van der Waals surface area contributed by atoms with Gasteiger partial charge in [-0.3, -0.25) is 10.3 Å². The largest absolute Gasteiger partial charge is 0.468 e. The summed E-state index contributed by atoms with van der Waals surface area (Å²) >= 11 is 0. The van der Waals surface area contributed by atoms with Crippen LogP contribution in [0.2, 0.25) is 0 Å². The first kappa shape index (κ1) is 15.9. The van der Waals surface area contributed by atoms with Gasteiger partial charge in [-0.05, 0) is 45.7 Å². The van der Waals surface area contributed by atoms with Crippen LogP contribution in [0.3, 0.4) is 0 Å². The Morgan fingerprint density at radius 1 is 1.48 bits per heavy atom. The molecule has 5 heteroatoms. The fourth-order valence-electron chi connectivity index (χ4n) is 2.99. The van der Waals surface area contributed by atoms with Crippen molar-refractivity contribution in [2.45, 2.75) is 57.4 Å². The minimum absolute atomic E-state index is 0.0526. The van der Waals surface area contributed by atoms with Crippen LogP contribution < -0.4 is 5.32 Å². The summed E-state index contributed by atoms with van der Waals surface area (Å²) in [5, 5.41) is 3.39. The average molecular weight is 292 g/mol. The maximum atomic E-state index is 12.1. The van der Waals surface area contributed by atoms with E-state index in [1.54, 1.807) is 12.4 Å². The van der Waals surface area contributed by atoms with E-state index < -0.39 is 6.04 Å². The number of pyridine rings is 1. The molecule has 1 aliphatic rings. The highest BCUT2D eigenvalue weighted by atomic mass is 16.5. The van der Waals surface area contributed by atoms with E-state index in [1.807, 2.05) is 26.0 Å². The highest BCUT2D eigenvalue weighted by molar-refractivity contribution is 5.77. The molecule has 0 radical (unpaired) electrons. The van der Waals surface area contributed by atoms with Crippen molar-refractivity contribution in [2.24, 2.45) is 0 Å². The number of ether oxygens (including phenoxy) is 2. The van der Waals surface area contributed by atoms with E-state index in [1.165, 1.54) is 7.11 Å². The van der Waals surface area contributed by atoms with E-state index >= 15 is 0 Å². The first-order valence-corrected chi connectivity index (χ1v) is 7.19. The van der Waals surface area contributed by atoms with Crippen molar-refractivity contribution in [2.75, 3.05) is 7.11 Å². The van der Waals surface area contributed by atoms with E-state index in [-0.39, 0.29) is 23.2 Å². The predicted octanol–water partition coefficient (Wildman–Crippen LogP) is 2.23. The lowest BCUT2D eigenvalue weighted by atomic mass is 9.93. The number of aromatic nitrogens is 1. The Morgan fingerprint density at radius 2 is 2.19 bits per heavy atom. The van der Waals surface area contributed by atoms with Gasteiger partial charge in [0.25, 0.3) is 0 Å². The molecule has 21 heavy (non-hydrogen) atoms. The second-order valence-corrected chi connectivity index (χ2v) is 6.63. The smallest absolute Gasteiger partial charge is 0.327 e. The van der Waals surface area contributed by atoms with Crippen molar-refractivity contribution in [1.29, 1.82) is 0 Å². The lowest BCUT2D eigenvalue weighted by molar-refractivity contribution is -0.144. The molecule has 2 atom stereocenters. The second kappa shape index (κ2) is 5.73. The molecule has 2 heterocycles. The first-order chi connectivity index (χ1) is 9.75. The molecule has 0 bridgehead atoms. The Labute approximate surface area is 126 Å². The molecule has 0 unspecified atom stereocenters. The maximum absolute atomic E-state index is 12.1. The van der Waals surface area contributed by atoms with Crippen molar-refractivity contribution >= 4 is 5.97 Å². The number of nitrogens with zero attached hydrogens (tertiary/aromatic N) is 1. The second-order valence-electron chi connectivity index (χ2n) is 6.63. The van der Waals surface area contributed by atoms with Gasteiger partial charge in [-0.15, -0.1) is 0 Å². The summed E-state index contributed by atoms with van der Waals surface area (Å²) < 4.78 is 11.0. The maximum Gasteiger partial charge on any atom is 0.327 e. The molecular weight excluding hydrogens is 268 g/mol. The summed E-state index contributed by atoms with van der Waals surface area (Å²) in [5.74, 6) is -0.316. The molecule has 1 N–H and O–H groups in total. The van der Waals surface area contributed by atoms with Crippen molar-refractivity contribution in [3.05, 3.63) is 30.1 Å². The summed E-state index contributed by atoms with van der Waals surface area (Å²) in [6.45, 7) is 8.20. The van der Waals surface area contributed by atoms with E-state index in [2.05, 4.69) is 24.1 Å². The molecule has 0 aromatic carbocycles. The standard InChI is InChI=1S/C16H24N2O3/c1-15(2)9-12(16(3,4)21-15)18-13(14(19)20-5)11-7-6-8-17-10-11/h6-8,10,12-13,18H,9H2,1-5H3/t12-,13-/m1/s1. The van der Waals surface area contributed by atoms with Crippen LogP contribution in [0.5, 0.6) is 0 Å². The van der Waals surface area contributed by atoms with Gasteiger partial charge >= 0.3 is 5.97 Å². The van der Waals surface area contributed by atoms with E-state index in [0.717, 1.165) is 12.0 Å². The minimum atomic E-state index is -0.537. The Morgan fingerprint density at radius 3 is 2.67 bits per heavy atom. The van der Waals surface area contributed by atoms with Gasteiger partial charge in [0.1, 0.15) is 6.04 Å². The van der Waals surface area contributed by atoms with Crippen LogP contribution in [0.1, 0.15) is 45.7 Å². The molecule has 1 fully saturated rings. The van der Waals surface area contributed by atoms with Crippen molar-refractivity contribution < 1.29 is 14.3 Å². The van der Waals surface area contributed by atoms with Gasteiger partial charge in [0.2, 0.25) is 0 Å². The number of hydrogen-bond donors (Lipinski definition) is 1. The van der Waals surface area contributed by atoms with Gasteiger partial charge in [-0.1, -0.05) is 6.07 Å². The Kier molecular flexibility index (Phi) is 4.35. The van der Waals surface area contributed by atoms with Gasteiger partial charge in [-0.2, -0.15) is 0 Å². The minimum Gasteiger partial charge on any atom is -0.468 e. The Bertz CT molecular complexity index is 500. The number of esters is 1. The zero-order valence-electron chi connectivity index (χ0n) is 13.3. The van der Waals surface area contributed by atoms with Crippen LogP contribution in [-0.4, -0.2) is 35.3 Å². The molecular formula is C16H24N2O3. The van der Waals surface area contributed by atoms with Gasteiger partial charge < -0.3 is 9.47 Å². The fourth-order valence-corrected chi connectivity index (χ4v) is 2.99. The number of carbonyl (C=O) groups excluding carboxylic acids is 1. The fraction of sp³-hybridized carbons (Fsp3) is 0.625. The topological polar surface area (TPSA) is 60.5 Å². The Hall–Kier alpha value is -1.46. The van der Waals surface area contributed by atoms with E-state index in [0.29, 0.717) is 0 Å². The van der Waals surface area contributed by atoms with E-state index in [9.17, 15) is 4.79 Å². The number of nitrogens with one attached hydrogen (secondary N) is 1. The van der Waals surface area contributed by atoms with E-state index in [4.69, 9.17) is 9.47 Å². The molecule has 1 aliphatic heterocycles. The van der Waals surface area contributed by atoms with Crippen LogP contribution in [0, 0.1) is 0 Å². The third kappa shape index (κ3) is 3.60. The molecule has 0 spiro atoms. The zero-order chi connectivity index (χ0) is 15.7. The summed E-state index contributed by atoms with van der Waals surface area (Å²) in [7, 11) is 1.40. The zero-order valence-corrected chi connectivity index (χ0v) is 13.3. The lowest BCUT2D eigenvalue weighted by Gasteiger charge is -2.30. The molecule has 2 rings (SSSR count). The monoisotopic (exact) mass is 292 g/mol. The van der Waals surface area contributed by atoms with Gasteiger partial charge in [0.05, 0.1) is 18.3 Å². The number of methoxy groups -OCH3 is 1. The van der Waals surface area contributed by atoms with Crippen LogP contribution in [0.25, 0.3) is 0 Å². The summed E-state index contributed by atoms with van der Waals surface area (Å²) in [6, 6.07) is 3.20. The molecule has 116 valence electrons. The van der Waals surface area contributed by atoms with Gasteiger partial charge in [0, 0.05) is 18.4 Å². The van der Waals surface area contributed by atoms with Crippen LogP contribution >= 0.6 is 0 Å². The number of rotatable bonds is 4. The van der Waals surface area contributed by atoms with Crippen molar-refractivity contribution in [3.8, 4) is 0 Å². The Balaban J connectivity index is 2.22. The van der Waals surface area contributed by atoms with Gasteiger partial charge in [0.15, 0.2) is 0 Å². The SMILES string of the molecule is COC(=O)[C@H](N[C@@H]1CC(C)(C)OC1(C)C)c1cccnc1. The first-order valence-electron chi connectivity index (χ1n) is 7.19.